The van der Waals surface area contributed by atoms with E-state index < -0.39 is 0 Å². The number of benzene rings is 1. The monoisotopic (exact) mass is 309 g/mol. The van der Waals surface area contributed by atoms with Crippen LogP contribution in [0.3, 0.4) is 0 Å². The molecule has 0 N–H and O–H groups in total. The highest BCUT2D eigenvalue weighted by atomic mass is 16.1. The molecule has 0 radical (unpaired) electrons. The SMILES string of the molecule is C[C@H]1CCCN1CC1CC1c1ccc(-n2ncccc2=O)cc1. The van der Waals surface area contributed by atoms with Gasteiger partial charge in [0.25, 0.3) is 5.56 Å². The van der Waals surface area contributed by atoms with Crippen LogP contribution >= 0.6 is 0 Å². The first kappa shape index (κ1) is 14.6. The summed E-state index contributed by atoms with van der Waals surface area (Å²) in [7, 11) is 0. The Morgan fingerprint density at radius 3 is 2.74 bits per heavy atom. The van der Waals surface area contributed by atoms with Crippen LogP contribution in [0.1, 0.15) is 37.7 Å². The molecule has 0 bridgehead atoms. The summed E-state index contributed by atoms with van der Waals surface area (Å²) in [5, 5.41) is 4.13. The molecule has 1 aromatic carbocycles. The predicted molar refractivity (Wildman–Crippen MR) is 91.0 cm³/mol. The normalized spacial score (nSPS) is 27.3. The van der Waals surface area contributed by atoms with Gasteiger partial charge in [-0.25, -0.2) is 0 Å². The van der Waals surface area contributed by atoms with Gasteiger partial charge >= 0.3 is 0 Å². The lowest BCUT2D eigenvalue weighted by Crippen LogP contribution is -2.29. The van der Waals surface area contributed by atoms with Crippen molar-refractivity contribution < 1.29 is 0 Å². The maximum Gasteiger partial charge on any atom is 0.271 e. The molecule has 1 aliphatic heterocycles. The smallest absolute Gasteiger partial charge is 0.271 e. The Morgan fingerprint density at radius 2 is 2.04 bits per heavy atom. The molecule has 1 saturated carbocycles. The fraction of sp³-hybridized carbons (Fsp3) is 0.474. The van der Waals surface area contributed by atoms with E-state index in [-0.39, 0.29) is 5.56 Å². The Labute approximate surface area is 136 Å². The van der Waals surface area contributed by atoms with E-state index in [2.05, 4.69) is 29.1 Å². The van der Waals surface area contributed by atoms with Crippen molar-refractivity contribution in [3.63, 3.8) is 0 Å². The Balaban J connectivity index is 1.44. The average Bonchev–Trinajstić information content (AvgIpc) is 3.22. The zero-order chi connectivity index (χ0) is 15.8. The second-order valence-corrected chi connectivity index (χ2v) is 6.95. The Hall–Kier alpha value is -1.94. The van der Waals surface area contributed by atoms with Crippen LogP contribution in [-0.2, 0) is 0 Å². The van der Waals surface area contributed by atoms with Crippen LogP contribution in [0, 0.1) is 5.92 Å². The summed E-state index contributed by atoms with van der Waals surface area (Å²) in [6.45, 7) is 4.86. The van der Waals surface area contributed by atoms with E-state index in [1.807, 2.05) is 12.1 Å². The van der Waals surface area contributed by atoms with E-state index >= 15 is 0 Å². The minimum atomic E-state index is -0.0902. The maximum atomic E-state index is 11.8. The minimum Gasteiger partial charge on any atom is -0.300 e. The molecule has 2 heterocycles. The van der Waals surface area contributed by atoms with Crippen molar-refractivity contribution in [3.05, 3.63) is 58.5 Å². The van der Waals surface area contributed by atoms with Crippen LogP contribution < -0.4 is 5.56 Å². The van der Waals surface area contributed by atoms with Crippen LogP contribution in [0.25, 0.3) is 5.69 Å². The number of likely N-dealkylation sites (tertiary alicyclic amines) is 1. The van der Waals surface area contributed by atoms with Gasteiger partial charge in [-0.3, -0.25) is 4.79 Å². The number of nitrogens with zero attached hydrogens (tertiary/aromatic N) is 3. The molecular formula is C19H23N3O. The zero-order valence-electron chi connectivity index (χ0n) is 13.6. The van der Waals surface area contributed by atoms with Crippen LogP contribution in [-0.4, -0.2) is 33.8 Å². The summed E-state index contributed by atoms with van der Waals surface area (Å²) in [6, 6.07) is 12.3. The number of hydrogen-bond donors (Lipinski definition) is 0. The second-order valence-electron chi connectivity index (χ2n) is 6.95. The lowest BCUT2D eigenvalue weighted by Gasteiger charge is -2.20. The van der Waals surface area contributed by atoms with Gasteiger partial charge in [-0.2, -0.15) is 9.78 Å². The van der Waals surface area contributed by atoms with Crippen molar-refractivity contribution in [2.45, 2.75) is 38.1 Å². The van der Waals surface area contributed by atoms with Crippen molar-refractivity contribution >= 4 is 0 Å². The summed E-state index contributed by atoms with van der Waals surface area (Å²) >= 11 is 0. The quantitative estimate of drug-likeness (QED) is 0.871. The zero-order valence-corrected chi connectivity index (χ0v) is 13.6. The first-order valence-electron chi connectivity index (χ1n) is 8.61. The highest BCUT2D eigenvalue weighted by Gasteiger charge is 2.40. The average molecular weight is 309 g/mol. The van der Waals surface area contributed by atoms with Gasteiger partial charge in [0, 0.05) is 24.8 Å². The highest BCUT2D eigenvalue weighted by Crippen LogP contribution is 2.48. The highest BCUT2D eigenvalue weighted by molar-refractivity contribution is 5.37. The molecule has 4 heteroatoms. The molecule has 2 unspecified atom stereocenters. The fourth-order valence-corrected chi connectivity index (χ4v) is 3.84. The molecule has 4 rings (SSSR count). The summed E-state index contributed by atoms with van der Waals surface area (Å²) in [5.74, 6) is 1.50. The fourth-order valence-electron chi connectivity index (χ4n) is 3.84. The minimum absolute atomic E-state index is 0.0902. The largest absolute Gasteiger partial charge is 0.300 e. The standard InChI is InChI=1S/C19H23N3O/c1-14-4-3-11-21(14)13-16-12-18(16)15-6-8-17(9-7-15)22-19(23)5-2-10-20-22/h2,5-10,14,16,18H,3-4,11-13H2,1H3/t14-,16?,18?/m0/s1. The lowest BCUT2D eigenvalue weighted by molar-refractivity contribution is 0.256. The summed E-state index contributed by atoms with van der Waals surface area (Å²) < 4.78 is 1.44. The molecule has 2 aromatic rings. The summed E-state index contributed by atoms with van der Waals surface area (Å²) in [4.78, 5) is 14.5. The molecule has 4 nitrogen and oxygen atoms in total. The van der Waals surface area contributed by atoms with Crippen molar-refractivity contribution in [1.82, 2.24) is 14.7 Å². The third-order valence-corrected chi connectivity index (χ3v) is 5.36. The Morgan fingerprint density at radius 1 is 1.22 bits per heavy atom. The molecular weight excluding hydrogens is 286 g/mol. The number of aromatic nitrogens is 2. The molecule has 120 valence electrons. The molecule has 0 amide bonds. The van der Waals surface area contributed by atoms with Gasteiger partial charge in [0.05, 0.1) is 5.69 Å². The molecule has 1 aliphatic carbocycles. The maximum absolute atomic E-state index is 11.8. The molecule has 3 atom stereocenters. The van der Waals surface area contributed by atoms with E-state index in [0.717, 1.165) is 17.6 Å². The van der Waals surface area contributed by atoms with Gasteiger partial charge in [-0.15, -0.1) is 0 Å². The van der Waals surface area contributed by atoms with Crippen LogP contribution in [0.15, 0.2) is 47.4 Å². The van der Waals surface area contributed by atoms with E-state index in [9.17, 15) is 4.79 Å². The van der Waals surface area contributed by atoms with Gasteiger partial charge < -0.3 is 4.90 Å². The molecule has 1 saturated heterocycles. The third kappa shape index (κ3) is 2.95. The number of rotatable bonds is 4. The van der Waals surface area contributed by atoms with Crippen molar-refractivity contribution in [2.75, 3.05) is 13.1 Å². The van der Waals surface area contributed by atoms with E-state index in [0.29, 0.717) is 5.92 Å². The predicted octanol–water partition coefficient (Wildman–Crippen LogP) is 2.82. The summed E-state index contributed by atoms with van der Waals surface area (Å²) in [5.41, 5.74) is 2.15. The molecule has 0 spiro atoms. The van der Waals surface area contributed by atoms with Crippen LogP contribution in [0.2, 0.25) is 0 Å². The first-order chi connectivity index (χ1) is 11.2. The third-order valence-electron chi connectivity index (χ3n) is 5.36. The van der Waals surface area contributed by atoms with Crippen molar-refractivity contribution in [3.8, 4) is 5.69 Å². The molecule has 2 fully saturated rings. The van der Waals surface area contributed by atoms with Gasteiger partial charge in [0.1, 0.15) is 0 Å². The van der Waals surface area contributed by atoms with E-state index in [1.54, 1.807) is 12.3 Å². The number of hydrogen-bond acceptors (Lipinski definition) is 3. The Bertz CT molecular complexity index is 737. The Kier molecular flexibility index (Phi) is 3.77. The van der Waals surface area contributed by atoms with E-state index in [1.165, 1.54) is 48.7 Å². The van der Waals surface area contributed by atoms with Gasteiger partial charge in [-0.1, -0.05) is 12.1 Å². The second kappa shape index (κ2) is 5.93. The summed E-state index contributed by atoms with van der Waals surface area (Å²) in [6.07, 6.45) is 5.65. The molecule has 2 aliphatic rings. The van der Waals surface area contributed by atoms with E-state index in [4.69, 9.17) is 0 Å². The van der Waals surface area contributed by atoms with Gasteiger partial charge in [-0.05, 0) is 68.3 Å². The van der Waals surface area contributed by atoms with Crippen molar-refractivity contribution in [2.24, 2.45) is 5.92 Å². The molecule has 23 heavy (non-hydrogen) atoms. The van der Waals surface area contributed by atoms with Gasteiger partial charge in [0.15, 0.2) is 0 Å². The van der Waals surface area contributed by atoms with Crippen molar-refractivity contribution in [1.29, 1.82) is 0 Å². The lowest BCUT2D eigenvalue weighted by atomic mass is 10.1. The van der Waals surface area contributed by atoms with Crippen LogP contribution in [0.5, 0.6) is 0 Å². The molecule has 1 aromatic heterocycles. The topological polar surface area (TPSA) is 38.1 Å². The van der Waals surface area contributed by atoms with Gasteiger partial charge in [0.2, 0.25) is 0 Å². The first-order valence-corrected chi connectivity index (χ1v) is 8.61. The van der Waals surface area contributed by atoms with Crippen LogP contribution in [0.4, 0.5) is 0 Å².